The van der Waals surface area contributed by atoms with E-state index in [2.05, 4.69) is 4.98 Å². The Hall–Kier alpha value is -1.78. The van der Waals surface area contributed by atoms with Gasteiger partial charge in [0.15, 0.2) is 0 Å². The molecule has 1 amide bonds. The summed E-state index contributed by atoms with van der Waals surface area (Å²) in [7, 11) is 0. The number of aliphatic carboxylic acids is 1. The Kier molecular flexibility index (Phi) is 3.41. The maximum absolute atomic E-state index is 12.1. The number of hydrogen-bond donors (Lipinski definition) is 2. The third-order valence-corrected chi connectivity index (χ3v) is 3.65. The lowest BCUT2D eigenvalue weighted by Gasteiger charge is -2.24. The average molecular weight is 250 g/mol. The number of aromatic amines is 1. The fourth-order valence-electron chi connectivity index (χ4n) is 2.64. The van der Waals surface area contributed by atoms with Gasteiger partial charge in [0.05, 0.1) is 5.41 Å². The van der Waals surface area contributed by atoms with Gasteiger partial charge in [0.1, 0.15) is 5.69 Å². The van der Waals surface area contributed by atoms with Crippen LogP contribution in [0.15, 0.2) is 18.3 Å². The molecular weight excluding hydrogens is 232 g/mol. The Bertz CT molecular complexity index is 441. The predicted molar refractivity (Wildman–Crippen MR) is 66.3 cm³/mol. The molecule has 1 saturated heterocycles. The van der Waals surface area contributed by atoms with Crippen LogP contribution in [0.3, 0.4) is 0 Å². The van der Waals surface area contributed by atoms with Crippen LogP contribution in [-0.4, -0.2) is 40.0 Å². The van der Waals surface area contributed by atoms with Gasteiger partial charge in [-0.05, 0) is 25.0 Å². The van der Waals surface area contributed by atoms with Crippen molar-refractivity contribution in [3.63, 3.8) is 0 Å². The van der Waals surface area contributed by atoms with Gasteiger partial charge in [-0.1, -0.05) is 13.3 Å². The van der Waals surface area contributed by atoms with E-state index in [-0.39, 0.29) is 5.91 Å². The second-order valence-corrected chi connectivity index (χ2v) is 4.90. The summed E-state index contributed by atoms with van der Waals surface area (Å²) in [5, 5.41) is 9.38. The third-order valence-electron chi connectivity index (χ3n) is 3.65. The molecule has 0 aromatic carbocycles. The smallest absolute Gasteiger partial charge is 0.311 e. The standard InChI is InChI=1S/C13H18N2O3/c1-2-5-13(12(17)18)6-8-15(9-13)11(16)10-4-3-7-14-10/h3-4,7,14H,2,5-6,8-9H2,1H3,(H,17,18). The molecule has 1 unspecified atom stereocenters. The molecule has 1 atom stereocenters. The Morgan fingerprint density at radius 3 is 2.89 bits per heavy atom. The molecule has 0 aliphatic carbocycles. The van der Waals surface area contributed by atoms with E-state index in [9.17, 15) is 14.7 Å². The van der Waals surface area contributed by atoms with Crippen LogP contribution in [0, 0.1) is 5.41 Å². The first-order valence-electron chi connectivity index (χ1n) is 6.25. The van der Waals surface area contributed by atoms with Gasteiger partial charge in [-0.25, -0.2) is 0 Å². The van der Waals surface area contributed by atoms with E-state index in [1.807, 2.05) is 6.92 Å². The quantitative estimate of drug-likeness (QED) is 0.854. The molecule has 5 nitrogen and oxygen atoms in total. The summed E-state index contributed by atoms with van der Waals surface area (Å²) in [6.07, 6.45) is 3.68. The highest BCUT2D eigenvalue weighted by molar-refractivity contribution is 5.93. The first-order chi connectivity index (χ1) is 8.59. The van der Waals surface area contributed by atoms with Crippen LogP contribution in [0.4, 0.5) is 0 Å². The number of carboxylic acid groups (broad SMARTS) is 1. The summed E-state index contributed by atoms with van der Waals surface area (Å²) in [5.74, 6) is -0.898. The minimum atomic E-state index is -0.786. The van der Waals surface area contributed by atoms with Crippen molar-refractivity contribution in [2.24, 2.45) is 5.41 Å². The second-order valence-electron chi connectivity index (χ2n) is 4.90. The van der Waals surface area contributed by atoms with Crippen molar-refractivity contribution in [3.05, 3.63) is 24.0 Å². The summed E-state index contributed by atoms with van der Waals surface area (Å²) in [4.78, 5) is 28.0. The normalized spacial score (nSPS) is 23.3. The predicted octanol–water partition coefficient (Wildman–Crippen LogP) is 1.73. The van der Waals surface area contributed by atoms with Crippen molar-refractivity contribution < 1.29 is 14.7 Å². The summed E-state index contributed by atoms with van der Waals surface area (Å²) in [5.41, 5.74) is -0.232. The minimum absolute atomic E-state index is 0.112. The number of rotatable bonds is 4. The first kappa shape index (κ1) is 12.7. The lowest BCUT2D eigenvalue weighted by Crippen LogP contribution is -2.37. The Labute approximate surface area is 106 Å². The van der Waals surface area contributed by atoms with Crippen LogP contribution in [0.25, 0.3) is 0 Å². The number of H-pyrrole nitrogens is 1. The number of amides is 1. The molecule has 1 aliphatic rings. The molecule has 98 valence electrons. The molecule has 2 rings (SSSR count). The molecule has 0 bridgehead atoms. The van der Waals surface area contributed by atoms with Crippen LogP contribution < -0.4 is 0 Å². The SMILES string of the molecule is CCCC1(C(=O)O)CCN(C(=O)c2ccc[nH]2)C1. The summed E-state index contributed by atoms with van der Waals surface area (Å²) in [6, 6.07) is 3.47. The fourth-order valence-corrected chi connectivity index (χ4v) is 2.64. The number of hydrogen-bond acceptors (Lipinski definition) is 2. The number of nitrogens with zero attached hydrogens (tertiary/aromatic N) is 1. The van der Waals surface area contributed by atoms with E-state index in [4.69, 9.17) is 0 Å². The van der Waals surface area contributed by atoms with Crippen molar-refractivity contribution in [2.45, 2.75) is 26.2 Å². The highest BCUT2D eigenvalue weighted by Crippen LogP contribution is 2.36. The zero-order valence-corrected chi connectivity index (χ0v) is 10.5. The Morgan fingerprint density at radius 1 is 1.56 bits per heavy atom. The summed E-state index contributed by atoms with van der Waals surface area (Å²) in [6.45, 7) is 2.80. The van der Waals surface area contributed by atoms with E-state index < -0.39 is 11.4 Å². The van der Waals surface area contributed by atoms with Crippen molar-refractivity contribution in [2.75, 3.05) is 13.1 Å². The molecule has 1 aromatic heterocycles. The van der Waals surface area contributed by atoms with Gasteiger partial charge in [0.2, 0.25) is 0 Å². The lowest BCUT2D eigenvalue weighted by molar-refractivity contribution is -0.148. The summed E-state index contributed by atoms with van der Waals surface area (Å²) >= 11 is 0. The van der Waals surface area contributed by atoms with E-state index in [1.54, 1.807) is 23.2 Å². The van der Waals surface area contributed by atoms with Crippen LogP contribution in [0.5, 0.6) is 0 Å². The maximum atomic E-state index is 12.1. The molecule has 2 heterocycles. The van der Waals surface area contributed by atoms with Crippen LogP contribution in [0.2, 0.25) is 0 Å². The fraction of sp³-hybridized carbons (Fsp3) is 0.538. The Balaban J connectivity index is 2.11. The molecule has 0 spiro atoms. The van der Waals surface area contributed by atoms with Gasteiger partial charge in [0, 0.05) is 19.3 Å². The monoisotopic (exact) mass is 250 g/mol. The number of carboxylic acids is 1. The maximum Gasteiger partial charge on any atom is 0.311 e. The van der Waals surface area contributed by atoms with Crippen molar-refractivity contribution in [3.8, 4) is 0 Å². The lowest BCUT2D eigenvalue weighted by atomic mass is 9.83. The van der Waals surface area contributed by atoms with Gasteiger partial charge in [0.25, 0.3) is 5.91 Å². The molecule has 1 fully saturated rings. The molecule has 0 saturated carbocycles. The van der Waals surface area contributed by atoms with Gasteiger partial charge < -0.3 is 15.0 Å². The minimum Gasteiger partial charge on any atom is -0.481 e. The van der Waals surface area contributed by atoms with Gasteiger partial charge in [-0.2, -0.15) is 0 Å². The topological polar surface area (TPSA) is 73.4 Å². The van der Waals surface area contributed by atoms with Gasteiger partial charge in [-0.15, -0.1) is 0 Å². The van der Waals surface area contributed by atoms with Crippen molar-refractivity contribution >= 4 is 11.9 Å². The van der Waals surface area contributed by atoms with Crippen molar-refractivity contribution in [1.82, 2.24) is 9.88 Å². The van der Waals surface area contributed by atoms with E-state index >= 15 is 0 Å². The van der Waals surface area contributed by atoms with Crippen LogP contribution in [-0.2, 0) is 4.79 Å². The average Bonchev–Trinajstić information content (AvgIpc) is 2.98. The van der Waals surface area contributed by atoms with E-state index in [1.165, 1.54) is 0 Å². The highest BCUT2D eigenvalue weighted by atomic mass is 16.4. The molecule has 1 aromatic rings. The van der Waals surface area contributed by atoms with Crippen LogP contribution >= 0.6 is 0 Å². The summed E-state index contributed by atoms with van der Waals surface area (Å²) < 4.78 is 0. The number of nitrogens with one attached hydrogen (secondary N) is 1. The zero-order chi connectivity index (χ0) is 13.2. The molecule has 2 N–H and O–H groups in total. The largest absolute Gasteiger partial charge is 0.481 e. The van der Waals surface area contributed by atoms with Gasteiger partial charge >= 0.3 is 5.97 Å². The molecule has 18 heavy (non-hydrogen) atoms. The third kappa shape index (κ3) is 2.12. The van der Waals surface area contributed by atoms with Crippen LogP contribution in [0.1, 0.15) is 36.7 Å². The number of likely N-dealkylation sites (tertiary alicyclic amines) is 1. The zero-order valence-electron chi connectivity index (χ0n) is 10.5. The number of carbonyl (C=O) groups excluding carboxylic acids is 1. The van der Waals surface area contributed by atoms with E-state index in [0.717, 1.165) is 6.42 Å². The van der Waals surface area contributed by atoms with E-state index in [0.29, 0.717) is 31.6 Å². The first-order valence-corrected chi connectivity index (χ1v) is 6.25. The molecule has 5 heteroatoms. The highest BCUT2D eigenvalue weighted by Gasteiger charge is 2.45. The van der Waals surface area contributed by atoms with Crippen molar-refractivity contribution in [1.29, 1.82) is 0 Å². The van der Waals surface area contributed by atoms with Gasteiger partial charge in [-0.3, -0.25) is 9.59 Å². The molecule has 1 aliphatic heterocycles. The Morgan fingerprint density at radius 2 is 2.33 bits per heavy atom. The number of carbonyl (C=O) groups is 2. The second kappa shape index (κ2) is 4.84. The molecule has 0 radical (unpaired) electrons. The molecular formula is C13H18N2O3. The number of aromatic nitrogens is 1.